The van der Waals surface area contributed by atoms with E-state index in [0.29, 0.717) is 37.0 Å². The minimum absolute atomic E-state index is 0.00424. The predicted octanol–water partition coefficient (Wildman–Crippen LogP) is 5.96. The lowest BCUT2D eigenvalue weighted by Gasteiger charge is -2.09. The Morgan fingerprint density at radius 1 is 1.10 bits per heavy atom. The minimum atomic E-state index is -0.0818. The molecule has 4 aromatic rings. The molecule has 1 saturated heterocycles. The highest BCUT2D eigenvalue weighted by atomic mass is 16.7. The van der Waals surface area contributed by atoms with Crippen molar-refractivity contribution in [1.82, 2.24) is 19.7 Å². The van der Waals surface area contributed by atoms with Gasteiger partial charge in [-0.25, -0.2) is 9.67 Å². The number of carbonyl (C=O) groups is 1. The highest BCUT2D eigenvalue weighted by molar-refractivity contribution is 5.93. The Hall–Kier alpha value is -4.39. The van der Waals surface area contributed by atoms with Gasteiger partial charge in [0.15, 0.2) is 12.1 Å². The van der Waals surface area contributed by atoms with Crippen molar-refractivity contribution in [2.45, 2.75) is 46.8 Å². The Morgan fingerprint density at radius 3 is 2.45 bits per heavy atom. The first-order chi connectivity index (χ1) is 19.5. The van der Waals surface area contributed by atoms with Crippen LogP contribution in [0, 0.1) is 18.3 Å². The van der Waals surface area contributed by atoms with Gasteiger partial charge in [0.05, 0.1) is 31.2 Å². The fourth-order valence-corrected chi connectivity index (χ4v) is 3.67. The number of pyridine rings is 2. The molecular formula is C31H35N5O4. The Kier molecular flexibility index (Phi) is 12.0. The summed E-state index contributed by atoms with van der Waals surface area (Å²) in [5.74, 6) is 0.540. The Labute approximate surface area is 235 Å². The van der Waals surface area contributed by atoms with Crippen LogP contribution in [-0.4, -0.2) is 51.6 Å². The summed E-state index contributed by atoms with van der Waals surface area (Å²) in [6.45, 7) is 9.47. The molecule has 0 radical (unpaired) electrons. The van der Waals surface area contributed by atoms with Crippen LogP contribution in [0.4, 0.5) is 0 Å². The van der Waals surface area contributed by atoms with Gasteiger partial charge >= 0.3 is 0 Å². The highest BCUT2D eigenvalue weighted by Crippen LogP contribution is 2.20. The summed E-state index contributed by atoms with van der Waals surface area (Å²) in [5.41, 5.74) is 4.79. The van der Waals surface area contributed by atoms with Crippen molar-refractivity contribution in [2.75, 3.05) is 19.8 Å². The molecule has 0 aliphatic carbocycles. The monoisotopic (exact) mass is 541 g/mol. The van der Waals surface area contributed by atoms with Crippen LogP contribution in [0.5, 0.6) is 5.88 Å². The van der Waals surface area contributed by atoms with Crippen LogP contribution in [0.3, 0.4) is 0 Å². The molecule has 1 aromatic carbocycles. The van der Waals surface area contributed by atoms with Gasteiger partial charge in [0.1, 0.15) is 11.8 Å². The van der Waals surface area contributed by atoms with E-state index >= 15 is 0 Å². The van der Waals surface area contributed by atoms with E-state index in [4.69, 9.17) is 14.2 Å². The van der Waals surface area contributed by atoms with Gasteiger partial charge in [-0.05, 0) is 50.6 Å². The van der Waals surface area contributed by atoms with Crippen LogP contribution in [0.2, 0.25) is 0 Å². The summed E-state index contributed by atoms with van der Waals surface area (Å²) in [4.78, 5) is 19.2. The molecule has 1 fully saturated rings. The van der Waals surface area contributed by atoms with Crippen molar-refractivity contribution in [3.05, 3.63) is 90.0 Å². The van der Waals surface area contributed by atoms with Crippen LogP contribution >= 0.6 is 0 Å². The topological polar surface area (TPSA) is 112 Å². The lowest BCUT2D eigenvalue weighted by atomic mass is 10.2. The number of aromatic nitrogens is 4. The Bertz CT molecular complexity index is 1360. The fourth-order valence-electron chi connectivity index (χ4n) is 3.67. The third-order valence-electron chi connectivity index (χ3n) is 5.73. The zero-order valence-electron chi connectivity index (χ0n) is 23.4. The number of Topliss-reactive ketones (excluding diaryl/α,β-unsaturated/α-hetero) is 1. The number of rotatable bonds is 8. The Morgan fingerprint density at radius 2 is 1.85 bits per heavy atom. The summed E-state index contributed by atoms with van der Waals surface area (Å²) in [6.07, 6.45) is 6.57. The van der Waals surface area contributed by atoms with Crippen LogP contribution in [0.25, 0.3) is 16.9 Å². The lowest BCUT2D eigenvalue weighted by molar-refractivity contribution is -0.0493. The molecule has 5 rings (SSSR count). The third-order valence-corrected chi connectivity index (χ3v) is 5.73. The number of aryl methyl sites for hydroxylation is 1. The lowest BCUT2D eigenvalue weighted by Crippen LogP contribution is -2.10. The average Bonchev–Trinajstić information content (AvgIpc) is 3.68. The van der Waals surface area contributed by atoms with E-state index in [9.17, 15) is 10.1 Å². The smallest absolute Gasteiger partial charge is 0.213 e. The number of hydrogen-bond acceptors (Lipinski definition) is 8. The van der Waals surface area contributed by atoms with Crippen LogP contribution in [0.1, 0.15) is 55.2 Å². The van der Waals surface area contributed by atoms with E-state index in [1.807, 2.05) is 57.2 Å². The second-order valence-electron chi connectivity index (χ2n) is 8.62. The van der Waals surface area contributed by atoms with Crippen molar-refractivity contribution in [3.63, 3.8) is 0 Å². The maximum absolute atomic E-state index is 11.1. The van der Waals surface area contributed by atoms with Crippen molar-refractivity contribution in [2.24, 2.45) is 0 Å². The zero-order valence-corrected chi connectivity index (χ0v) is 23.4. The summed E-state index contributed by atoms with van der Waals surface area (Å²) >= 11 is 0. The second kappa shape index (κ2) is 15.9. The van der Waals surface area contributed by atoms with Crippen molar-refractivity contribution < 1.29 is 19.0 Å². The van der Waals surface area contributed by atoms with E-state index < -0.39 is 0 Å². The zero-order chi connectivity index (χ0) is 28.7. The SMILES string of the molecule is CC.CC(=O)c1ccc(OCCCC2OCCO2)nc1.Cc1ccc(-n2nc(-c3cccnc3)cc2C#N)cc1. The molecule has 40 heavy (non-hydrogen) atoms. The van der Waals surface area contributed by atoms with Crippen molar-refractivity contribution in [3.8, 4) is 28.9 Å². The van der Waals surface area contributed by atoms with Crippen LogP contribution < -0.4 is 4.74 Å². The number of ketones is 1. The fraction of sp³-hybridized carbons (Fsp3) is 0.323. The van der Waals surface area contributed by atoms with E-state index in [1.165, 1.54) is 18.7 Å². The van der Waals surface area contributed by atoms with Crippen LogP contribution in [-0.2, 0) is 9.47 Å². The first kappa shape index (κ1) is 30.2. The number of carbonyl (C=O) groups excluding carboxylic acids is 1. The van der Waals surface area contributed by atoms with Gasteiger partial charge in [-0.15, -0.1) is 0 Å². The molecule has 1 aliphatic rings. The van der Waals surface area contributed by atoms with Crippen LogP contribution in [0.15, 0.2) is 73.2 Å². The van der Waals surface area contributed by atoms with E-state index in [2.05, 4.69) is 21.1 Å². The highest BCUT2D eigenvalue weighted by Gasteiger charge is 2.15. The summed E-state index contributed by atoms with van der Waals surface area (Å²) in [7, 11) is 0. The number of ether oxygens (including phenoxy) is 3. The van der Waals surface area contributed by atoms with Gasteiger partial charge < -0.3 is 14.2 Å². The first-order valence-corrected chi connectivity index (χ1v) is 13.3. The molecule has 0 spiro atoms. The molecular weight excluding hydrogens is 506 g/mol. The number of hydrogen-bond donors (Lipinski definition) is 0. The van der Waals surface area contributed by atoms with Gasteiger partial charge in [0.25, 0.3) is 0 Å². The summed E-state index contributed by atoms with van der Waals surface area (Å²) in [5, 5.41) is 13.8. The molecule has 208 valence electrons. The molecule has 9 nitrogen and oxygen atoms in total. The molecule has 0 amide bonds. The maximum atomic E-state index is 11.1. The summed E-state index contributed by atoms with van der Waals surface area (Å²) in [6, 6.07) is 19.1. The second-order valence-corrected chi connectivity index (χ2v) is 8.62. The molecule has 0 bridgehead atoms. The average molecular weight is 542 g/mol. The summed E-state index contributed by atoms with van der Waals surface area (Å²) < 4.78 is 17.8. The molecule has 0 unspecified atom stereocenters. The Balaban J connectivity index is 0.000000209. The van der Waals surface area contributed by atoms with E-state index in [0.717, 1.165) is 29.8 Å². The predicted molar refractivity (Wildman–Crippen MR) is 152 cm³/mol. The van der Waals surface area contributed by atoms with Gasteiger partial charge in [0.2, 0.25) is 5.88 Å². The van der Waals surface area contributed by atoms with Crippen molar-refractivity contribution in [1.29, 1.82) is 5.26 Å². The minimum Gasteiger partial charge on any atom is -0.478 e. The van der Waals surface area contributed by atoms with Crippen molar-refractivity contribution >= 4 is 5.78 Å². The molecule has 4 heterocycles. The van der Waals surface area contributed by atoms with E-state index in [-0.39, 0.29) is 12.1 Å². The number of benzene rings is 1. The molecule has 9 heteroatoms. The third kappa shape index (κ3) is 8.83. The number of nitrogens with zero attached hydrogens (tertiary/aromatic N) is 5. The quantitative estimate of drug-likeness (QED) is 0.198. The van der Waals surface area contributed by atoms with Gasteiger partial charge in [-0.2, -0.15) is 10.4 Å². The maximum Gasteiger partial charge on any atom is 0.213 e. The molecule has 3 aromatic heterocycles. The first-order valence-electron chi connectivity index (χ1n) is 13.3. The molecule has 1 aliphatic heterocycles. The largest absolute Gasteiger partial charge is 0.478 e. The van der Waals surface area contributed by atoms with Gasteiger partial charge in [-0.3, -0.25) is 9.78 Å². The van der Waals surface area contributed by atoms with Gasteiger partial charge in [-0.1, -0.05) is 31.5 Å². The number of nitriles is 1. The molecule has 0 saturated carbocycles. The normalized spacial score (nSPS) is 12.4. The molecule has 0 atom stereocenters. The molecule has 0 N–H and O–H groups in total. The van der Waals surface area contributed by atoms with Gasteiger partial charge in [0, 0.05) is 48.3 Å². The standard InChI is InChI=1S/C16H12N4.C13H17NO4.C2H6/c1-12-4-6-14(7-5-12)20-15(10-17)9-16(19-20)13-3-2-8-18-11-13;1-10(15)11-4-5-12(14-9-11)16-6-2-3-13-17-7-8-18-13;1-2/h2-9,11H,1H3;4-5,9,13H,2-3,6-8H2,1H3;1-2H3. The van der Waals surface area contributed by atoms with E-state index in [1.54, 1.807) is 35.3 Å².